The highest BCUT2D eigenvalue weighted by molar-refractivity contribution is 5.27. The fraction of sp³-hybridized carbons (Fsp3) is 0.700. The van der Waals surface area contributed by atoms with E-state index in [0.717, 1.165) is 38.0 Å². The summed E-state index contributed by atoms with van der Waals surface area (Å²) in [6.07, 6.45) is 5.02. The van der Waals surface area contributed by atoms with Gasteiger partial charge in [-0.25, -0.2) is 0 Å². The van der Waals surface area contributed by atoms with Crippen molar-refractivity contribution in [2.45, 2.75) is 69.9 Å². The smallest absolute Gasteiger partial charge is 0.422 e. The number of hydrogen-bond acceptors (Lipinski definition) is 3. The third-order valence-corrected chi connectivity index (χ3v) is 5.20. The summed E-state index contributed by atoms with van der Waals surface area (Å²) in [5, 5.41) is 0. The third kappa shape index (κ3) is 6.47. The van der Waals surface area contributed by atoms with E-state index in [-0.39, 0.29) is 5.75 Å². The number of rotatable bonds is 6. The molecule has 1 aliphatic carbocycles. The van der Waals surface area contributed by atoms with Crippen LogP contribution >= 0.6 is 0 Å². The Labute approximate surface area is 153 Å². The molecular weight excluding hydrogens is 343 g/mol. The molecule has 0 N–H and O–H groups in total. The van der Waals surface area contributed by atoms with Crippen LogP contribution in [0.3, 0.4) is 0 Å². The van der Waals surface area contributed by atoms with Gasteiger partial charge in [-0.3, -0.25) is 4.90 Å². The van der Waals surface area contributed by atoms with Gasteiger partial charge in [0.15, 0.2) is 6.61 Å². The Morgan fingerprint density at radius 1 is 0.885 bits per heavy atom. The zero-order valence-electron chi connectivity index (χ0n) is 15.1. The molecule has 1 aromatic carbocycles. The standard InChI is InChI=1S/C20H28F3NO2/c21-20(22,23)15-25-17-8-6-16(7-9-17)14-24-12-10-19(11-13-24)26-18-4-2-1-3-5-18/h6-9,18-19H,1-5,10-15H2. The van der Waals surface area contributed by atoms with Crippen molar-refractivity contribution in [2.24, 2.45) is 0 Å². The van der Waals surface area contributed by atoms with Crippen molar-refractivity contribution in [2.75, 3.05) is 19.7 Å². The van der Waals surface area contributed by atoms with Crippen LogP contribution in [0.5, 0.6) is 5.75 Å². The van der Waals surface area contributed by atoms with Crippen LogP contribution in [-0.4, -0.2) is 43.0 Å². The molecule has 1 saturated carbocycles. The van der Waals surface area contributed by atoms with Gasteiger partial charge in [0.05, 0.1) is 12.2 Å². The van der Waals surface area contributed by atoms with E-state index in [9.17, 15) is 13.2 Å². The van der Waals surface area contributed by atoms with Gasteiger partial charge in [-0.1, -0.05) is 31.4 Å². The first-order valence-electron chi connectivity index (χ1n) is 9.64. The van der Waals surface area contributed by atoms with Gasteiger partial charge in [0.2, 0.25) is 0 Å². The lowest BCUT2D eigenvalue weighted by atomic mass is 9.97. The number of hydrogen-bond donors (Lipinski definition) is 0. The molecule has 26 heavy (non-hydrogen) atoms. The van der Waals surface area contributed by atoms with Gasteiger partial charge in [0, 0.05) is 19.6 Å². The summed E-state index contributed by atoms with van der Waals surface area (Å²) in [7, 11) is 0. The van der Waals surface area contributed by atoms with Gasteiger partial charge in [-0.15, -0.1) is 0 Å². The number of benzene rings is 1. The zero-order chi connectivity index (χ0) is 18.4. The minimum absolute atomic E-state index is 0.255. The van der Waals surface area contributed by atoms with Gasteiger partial charge in [-0.05, 0) is 43.4 Å². The normalized spacial score (nSPS) is 21.0. The molecule has 3 nitrogen and oxygen atoms in total. The lowest BCUT2D eigenvalue weighted by Crippen LogP contribution is -2.38. The lowest BCUT2D eigenvalue weighted by molar-refractivity contribution is -0.153. The maximum Gasteiger partial charge on any atom is 0.422 e. The molecule has 0 aromatic heterocycles. The van der Waals surface area contributed by atoms with Crippen LogP contribution in [0.15, 0.2) is 24.3 Å². The Balaban J connectivity index is 1.38. The molecule has 146 valence electrons. The molecule has 0 radical (unpaired) electrons. The molecule has 1 aromatic rings. The summed E-state index contributed by atoms with van der Waals surface area (Å²) in [5.41, 5.74) is 1.09. The van der Waals surface area contributed by atoms with Crippen LogP contribution in [0.25, 0.3) is 0 Å². The van der Waals surface area contributed by atoms with Crippen molar-refractivity contribution in [3.63, 3.8) is 0 Å². The fourth-order valence-electron chi connectivity index (χ4n) is 3.79. The maximum absolute atomic E-state index is 12.2. The Morgan fingerprint density at radius 2 is 1.50 bits per heavy atom. The molecule has 0 spiro atoms. The first-order valence-corrected chi connectivity index (χ1v) is 9.64. The molecule has 2 aliphatic rings. The largest absolute Gasteiger partial charge is 0.484 e. The van der Waals surface area contributed by atoms with Crippen LogP contribution in [0, 0.1) is 0 Å². The quantitative estimate of drug-likeness (QED) is 0.707. The van der Waals surface area contributed by atoms with E-state index >= 15 is 0 Å². The van der Waals surface area contributed by atoms with Crippen molar-refractivity contribution >= 4 is 0 Å². The average molecular weight is 371 g/mol. The molecule has 3 rings (SSSR count). The van der Waals surface area contributed by atoms with E-state index in [2.05, 4.69) is 4.90 Å². The molecule has 0 unspecified atom stereocenters. The van der Waals surface area contributed by atoms with Gasteiger partial charge >= 0.3 is 6.18 Å². The van der Waals surface area contributed by atoms with E-state index in [1.54, 1.807) is 12.1 Å². The first-order chi connectivity index (χ1) is 12.5. The molecule has 0 bridgehead atoms. The Bertz CT molecular complexity index is 533. The van der Waals surface area contributed by atoms with Crippen molar-refractivity contribution in [3.8, 4) is 5.75 Å². The van der Waals surface area contributed by atoms with Crippen molar-refractivity contribution in [1.82, 2.24) is 4.90 Å². The summed E-state index contributed by atoms with van der Waals surface area (Å²) in [6, 6.07) is 6.91. The highest BCUT2D eigenvalue weighted by atomic mass is 19.4. The minimum atomic E-state index is -4.30. The Hall–Kier alpha value is -1.27. The summed E-state index contributed by atoms with van der Waals surface area (Å²) in [5.74, 6) is 0.255. The third-order valence-electron chi connectivity index (χ3n) is 5.20. The molecule has 6 heteroatoms. The minimum Gasteiger partial charge on any atom is -0.484 e. The predicted molar refractivity (Wildman–Crippen MR) is 94.2 cm³/mol. The van der Waals surface area contributed by atoms with Crippen molar-refractivity contribution in [1.29, 1.82) is 0 Å². The van der Waals surface area contributed by atoms with Gasteiger partial charge in [0.25, 0.3) is 0 Å². The second-order valence-corrected chi connectivity index (χ2v) is 7.42. The average Bonchev–Trinajstić information content (AvgIpc) is 2.63. The van der Waals surface area contributed by atoms with Crippen LogP contribution in [-0.2, 0) is 11.3 Å². The van der Waals surface area contributed by atoms with E-state index in [1.165, 1.54) is 32.1 Å². The van der Waals surface area contributed by atoms with E-state index in [0.29, 0.717) is 12.2 Å². The Kier molecular flexibility index (Phi) is 6.81. The van der Waals surface area contributed by atoms with Crippen molar-refractivity contribution < 1.29 is 22.6 Å². The molecular formula is C20H28F3NO2. The molecule has 0 atom stereocenters. The first kappa shape index (κ1) is 19.5. The fourth-order valence-corrected chi connectivity index (χ4v) is 3.79. The number of halogens is 3. The highest BCUT2D eigenvalue weighted by Crippen LogP contribution is 2.25. The number of likely N-dealkylation sites (tertiary alicyclic amines) is 1. The van der Waals surface area contributed by atoms with Crippen LogP contribution in [0.2, 0.25) is 0 Å². The number of ether oxygens (including phenoxy) is 2. The number of piperidine rings is 1. The molecule has 1 aliphatic heterocycles. The van der Waals surface area contributed by atoms with Gasteiger partial charge in [-0.2, -0.15) is 13.2 Å². The zero-order valence-corrected chi connectivity index (χ0v) is 15.1. The van der Waals surface area contributed by atoms with E-state index in [1.807, 2.05) is 12.1 Å². The number of alkyl halides is 3. The number of nitrogens with zero attached hydrogens (tertiary/aromatic N) is 1. The van der Waals surface area contributed by atoms with Gasteiger partial charge < -0.3 is 9.47 Å². The molecule has 0 amide bonds. The lowest BCUT2D eigenvalue weighted by Gasteiger charge is -2.35. The second-order valence-electron chi connectivity index (χ2n) is 7.42. The molecule has 1 heterocycles. The predicted octanol–water partition coefficient (Wildman–Crippen LogP) is 4.94. The highest BCUT2D eigenvalue weighted by Gasteiger charge is 2.28. The van der Waals surface area contributed by atoms with Gasteiger partial charge in [0.1, 0.15) is 5.75 Å². The van der Waals surface area contributed by atoms with E-state index < -0.39 is 12.8 Å². The Morgan fingerprint density at radius 3 is 2.12 bits per heavy atom. The molecule has 1 saturated heterocycles. The maximum atomic E-state index is 12.2. The summed E-state index contributed by atoms with van der Waals surface area (Å²) in [4.78, 5) is 2.38. The summed E-state index contributed by atoms with van der Waals surface area (Å²) < 4.78 is 47.5. The second kappa shape index (κ2) is 9.09. The van der Waals surface area contributed by atoms with Crippen LogP contribution in [0.4, 0.5) is 13.2 Å². The van der Waals surface area contributed by atoms with Crippen molar-refractivity contribution in [3.05, 3.63) is 29.8 Å². The SMILES string of the molecule is FC(F)(F)COc1ccc(CN2CCC(OC3CCCCC3)CC2)cc1. The van der Waals surface area contributed by atoms with Crippen LogP contribution < -0.4 is 4.74 Å². The summed E-state index contributed by atoms with van der Waals surface area (Å²) >= 11 is 0. The van der Waals surface area contributed by atoms with Crippen LogP contribution in [0.1, 0.15) is 50.5 Å². The van der Waals surface area contributed by atoms with E-state index in [4.69, 9.17) is 9.47 Å². The topological polar surface area (TPSA) is 21.7 Å². The molecule has 2 fully saturated rings. The summed E-state index contributed by atoms with van der Waals surface area (Å²) in [6.45, 7) is 1.57. The monoisotopic (exact) mass is 371 g/mol.